The Hall–Kier alpha value is -2.06. The summed E-state index contributed by atoms with van der Waals surface area (Å²) in [6, 6.07) is 0. The molecule has 0 N–H and O–H groups in total. The Morgan fingerprint density at radius 2 is 1.93 bits per heavy atom. The van der Waals surface area contributed by atoms with Crippen molar-refractivity contribution in [1.82, 2.24) is 29.5 Å². The monoisotopic (exact) mass is 397 g/mol. The van der Waals surface area contributed by atoms with Crippen LogP contribution in [0.15, 0.2) is 17.8 Å². The number of nitrogens with zero attached hydrogens (tertiary/aromatic N) is 7. The van der Waals surface area contributed by atoms with Crippen LogP contribution in [0.25, 0.3) is 5.65 Å². The third-order valence-corrected chi connectivity index (χ3v) is 7.08. The number of anilines is 1. The zero-order valence-corrected chi connectivity index (χ0v) is 17.2. The zero-order chi connectivity index (χ0) is 18.9. The number of piperazine rings is 1. The van der Waals surface area contributed by atoms with Crippen LogP contribution in [-0.2, 0) is 13.0 Å². The predicted molar refractivity (Wildman–Crippen MR) is 111 cm³/mol. The Morgan fingerprint density at radius 1 is 1.11 bits per heavy atom. The molecule has 0 unspecified atom stereocenters. The van der Waals surface area contributed by atoms with Gasteiger partial charge in [0.15, 0.2) is 5.82 Å². The first-order valence-corrected chi connectivity index (χ1v) is 11.3. The van der Waals surface area contributed by atoms with E-state index >= 15 is 0 Å². The van der Waals surface area contributed by atoms with Gasteiger partial charge in [-0.2, -0.15) is 0 Å². The lowest BCUT2D eigenvalue weighted by Gasteiger charge is -2.34. The molecule has 3 aromatic heterocycles. The molecule has 0 atom stereocenters. The van der Waals surface area contributed by atoms with E-state index in [4.69, 9.17) is 4.98 Å². The highest BCUT2D eigenvalue weighted by Crippen LogP contribution is 2.35. The van der Waals surface area contributed by atoms with E-state index in [-0.39, 0.29) is 0 Å². The van der Waals surface area contributed by atoms with E-state index in [0.29, 0.717) is 0 Å². The molecule has 7 nitrogen and oxygen atoms in total. The Bertz CT molecular complexity index is 935. The SMILES string of the molecule is CCc1nnc2c(N3CCN(Cc4csc(C5CCCC5)n4)CC3)nccn12. The second kappa shape index (κ2) is 7.75. The largest absolute Gasteiger partial charge is 0.351 e. The summed E-state index contributed by atoms with van der Waals surface area (Å²) < 4.78 is 2.06. The van der Waals surface area contributed by atoms with Crippen LogP contribution in [0.5, 0.6) is 0 Å². The summed E-state index contributed by atoms with van der Waals surface area (Å²) in [4.78, 5) is 14.4. The Balaban J connectivity index is 1.23. The molecule has 28 heavy (non-hydrogen) atoms. The molecule has 0 bridgehead atoms. The number of rotatable bonds is 5. The third kappa shape index (κ3) is 3.39. The minimum atomic E-state index is 0.721. The van der Waals surface area contributed by atoms with Crippen LogP contribution in [0.3, 0.4) is 0 Å². The maximum atomic E-state index is 4.95. The highest BCUT2D eigenvalue weighted by Gasteiger charge is 2.23. The van der Waals surface area contributed by atoms with Gasteiger partial charge in [0.25, 0.3) is 0 Å². The molecule has 0 radical (unpaired) electrons. The third-order valence-electron chi connectivity index (χ3n) is 6.03. The predicted octanol–water partition coefficient (Wildman–Crippen LogP) is 3.12. The van der Waals surface area contributed by atoms with Crippen LogP contribution in [0.4, 0.5) is 5.82 Å². The summed E-state index contributed by atoms with van der Waals surface area (Å²) in [5.74, 6) is 2.66. The molecule has 148 valence electrons. The molecule has 1 saturated heterocycles. The molecule has 0 aromatic carbocycles. The summed E-state index contributed by atoms with van der Waals surface area (Å²) in [5, 5.41) is 12.3. The number of aromatic nitrogens is 5. The van der Waals surface area contributed by atoms with Crippen molar-refractivity contribution >= 4 is 22.8 Å². The van der Waals surface area contributed by atoms with Gasteiger partial charge in [0.1, 0.15) is 5.82 Å². The van der Waals surface area contributed by atoms with Crippen molar-refractivity contribution in [2.75, 3.05) is 31.1 Å². The summed E-state index contributed by atoms with van der Waals surface area (Å²) in [7, 11) is 0. The van der Waals surface area contributed by atoms with Gasteiger partial charge in [-0.1, -0.05) is 19.8 Å². The van der Waals surface area contributed by atoms with Gasteiger partial charge in [-0.25, -0.2) is 9.97 Å². The van der Waals surface area contributed by atoms with E-state index < -0.39 is 0 Å². The van der Waals surface area contributed by atoms with Crippen molar-refractivity contribution in [3.8, 4) is 0 Å². The first-order chi connectivity index (χ1) is 13.8. The fourth-order valence-corrected chi connectivity index (χ4v) is 5.41. The van der Waals surface area contributed by atoms with Gasteiger partial charge in [-0.05, 0) is 12.8 Å². The minimum Gasteiger partial charge on any atom is -0.351 e. The number of fused-ring (bicyclic) bond motifs is 1. The summed E-state index contributed by atoms with van der Waals surface area (Å²) in [5.41, 5.74) is 2.11. The van der Waals surface area contributed by atoms with E-state index in [0.717, 1.165) is 62.4 Å². The normalized spacial score (nSPS) is 19.1. The minimum absolute atomic E-state index is 0.721. The first kappa shape index (κ1) is 18.0. The van der Waals surface area contributed by atoms with Crippen LogP contribution in [-0.4, -0.2) is 55.6 Å². The summed E-state index contributed by atoms with van der Waals surface area (Å²) in [6.07, 6.45) is 10.1. The maximum Gasteiger partial charge on any atom is 0.203 e. The molecular weight excluding hydrogens is 370 g/mol. The van der Waals surface area contributed by atoms with Gasteiger partial charge in [0.2, 0.25) is 5.65 Å². The van der Waals surface area contributed by atoms with Crippen LogP contribution in [0, 0.1) is 0 Å². The quantitative estimate of drug-likeness (QED) is 0.659. The van der Waals surface area contributed by atoms with Crippen molar-refractivity contribution in [1.29, 1.82) is 0 Å². The molecular formula is C20H27N7S. The van der Waals surface area contributed by atoms with Gasteiger partial charge in [-0.3, -0.25) is 9.30 Å². The van der Waals surface area contributed by atoms with Crippen molar-refractivity contribution in [3.05, 3.63) is 34.3 Å². The van der Waals surface area contributed by atoms with Crippen molar-refractivity contribution in [2.45, 2.75) is 51.5 Å². The van der Waals surface area contributed by atoms with Crippen molar-refractivity contribution in [3.63, 3.8) is 0 Å². The van der Waals surface area contributed by atoms with E-state index in [2.05, 4.69) is 41.7 Å². The number of aryl methyl sites for hydroxylation is 1. The highest BCUT2D eigenvalue weighted by molar-refractivity contribution is 7.09. The van der Waals surface area contributed by atoms with Crippen molar-refractivity contribution < 1.29 is 0 Å². The first-order valence-electron chi connectivity index (χ1n) is 10.4. The fourth-order valence-electron chi connectivity index (χ4n) is 4.43. The van der Waals surface area contributed by atoms with Crippen LogP contribution in [0.2, 0.25) is 0 Å². The molecule has 1 aliphatic heterocycles. The molecule has 8 heteroatoms. The highest BCUT2D eigenvalue weighted by atomic mass is 32.1. The van der Waals surface area contributed by atoms with Gasteiger partial charge in [-0.15, -0.1) is 21.5 Å². The molecule has 0 spiro atoms. The Morgan fingerprint density at radius 3 is 2.71 bits per heavy atom. The molecule has 1 saturated carbocycles. The topological polar surface area (TPSA) is 62.5 Å². The molecule has 1 aliphatic carbocycles. The summed E-state index contributed by atoms with van der Waals surface area (Å²) in [6.45, 7) is 7.02. The van der Waals surface area contributed by atoms with E-state index in [1.54, 1.807) is 0 Å². The lowest BCUT2D eigenvalue weighted by atomic mass is 10.1. The molecule has 2 aliphatic rings. The second-order valence-electron chi connectivity index (χ2n) is 7.84. The molecule has 3 aromatic rings. The molecule has 2 fully saturated rings. The average molecular weight is 398 g/mol. The summed E-state index contributed by atoms with van der Waals surface area (Å²) >= 11 is 1.86. The van der Waals surface area contributed by atoms with E-state index in [1.165, 1.54) is 36.4 Å². The second-order valence-corrected chi connectivity index (χ2v) is 8.73. The van der Waals surface area contributed by atoms with Crippen LogP contribution in [0.1, 0.15) is 55.1 Å². The average Bonchev–Trinajstić information content (AvgIpc) is 3.48. The molecule has 5 rings (SSSR count). The molecule has 0 amide bonds. The van der Waals surface area contributed by atoms with Gasteiger partial charge in [0, 0.05) is 62.8 Å². The number of hydrogen-bond acceptors (Lipinski definition) is 7. The van der Waals surface area contributed by atoms with E-state index in [1.807, 2.05) is 23.7 Å². The Kier molecular flexibility index (Phi) is 4.98. The van der Waals surface area contributed by atoms with Crippen LogP contribution < -0.4 is 4.90 Å². The number of hydrogen-bond donors (Lipinski definition) is 0. The van der Waals surface area contributed by atoms with Gasteiger partial charge < -0.3 is 4.90 Å². The standard InChI is InChI=1S/C20H27N7S/c1-2-17-23-24-19-18(21-7-8-27(17)19)26-11-9-25(10-12-26)13-16-14-28-20(22-16)15-5-3-4-6-15/h7-8,14-15H,2-6,9-13H2,1H3. The van der Waals surface area contributed by atoms with Crippen molar-refractivity contribution in [2.24, 2.45) is 0 Å². The van der Waals surface area contributed by atoms with Crippen LogP contribution >= 0.6 is 11.3 Å². The number of thiazole rings is 1. The zero-order valence-electron chi connectivity index (χ0n) is 16.4. The van der Waals surface area contributed by atoms with Gasteiger partial charge in [0.05, 0.1) is 10.7 Å². The lowest BCUT2D eigenvalue weighted by Crippen LogP contribution is -2.46. The maximum absolute atomic E-state index is 4.95. The lowest BCUT2D eigenvalue weighted by molar-refractivity contribution is 0.247. The molecule has 4 heterocycles. The van der Waals surface area contributed by atoms with E-state index in [9.17, 15) is 0 Å². The fraction of sp³-hybridized carbons (Fsp3) is 0.600. The Labute approximate surface area is 169 Å². The van der Waals surface area contributed by atoms with Gasteiger partial charge >= 0.3 is 0 Å². The smallest absolute Gasteiger partial charge is 0.203 e.